The second kappa shape index (κ2) is 8.56. The van der Waals surface area contributed by atoms with Gasteiger partial charge in [-0.3, -0.25) is 9.69 Å². The number of thiazole rings is 1. The summed E-state index contributed by atoms with van der Waals surface area (Å²) < 4.78 is 19.4. The van der Waals surface area contributed by atoms with Crippen LogP contribution in [0.5, 0.6) is 0 Å². The van der Waals surface area contributed by atoms with Crippen molar-refractivity contribution in [1.82, 2.24) is 9.88 Å². The van der Waals surface area contributed by atoms with Crippen LogP contribution in [0.3, 0.4) is 0 Å². The molecule has 2 heterocycles. The van der Waals surface area contributed by atoms with Crippen LogP contribution in [0.4, 0.5) is 9.52 Å². The first kappa shape index (κ1) is 19.4. The van der Waals surface area contributed by atoms with E-state index in [1.54, 1.807) is 12.1 Å². The minimum absolute atomic E-state index is 0.168. The van der Waals surface area contributed by atoms with Crippen molar-refractivity contribution in [2.45, 2.75) is 39.0 Å². The van der Waals surface area contributed by atoms with Gasteiger partial charge in [-0.05, 0) is 47.5 Å². The molecule has 1 aliphatic rings. The fourth-order valence-corrected chi connectivity index (χ4v) is 4.22. The van der Waals surface area contributed by atoms with Gasteiger partial charge in [0.2, 0.25) is 5.91 Å². The molecule has 0 radical (unpaired) electrons. The summed E-state index contributed by atoms with van der Waals surface area (Å²) >= 11 is 4.55. The summed E-state index contributed by atoms with van der Waals surface area (Å²) in [7, 11) is 0. The van der Waals surface area contributed by atoms with Crippen molar-refractivity contribution < 1.29 is 13.9 Å². The Morgan fingerprint density at radius 1 is 1.42 bits per heavy atom. The number of nitrogens with zero attached hydrogens (tertiary/aromatic N) is 2. The summed E-state index contributed by atoms with van der Waals surface area (Å²) in [5, 5.41) is 5.37. The van der Waals surface area contributed by atoms with E-state index in [9.17, 15) is 9.18 Å². The largest absolute Gasteiger partial charge is 0.373 e. The molecule has 1 aromatic heterocycles. The van der Waals surface area contributed by atoms with E-state index >= 15 is 0 Å². The van der Waals surface area contributed by atoms with Crippen LogP contribution in [0, 0.1) is 5.82 Å². The zero-order valence-corrected chi connectivity index (χ0v) is 17.1. The molecule has 0 bridgehead atoms. The van der Waals surface area contributed by atoms with Crippen LogP contribution in [-0.2, 0) is 22.5 Å². The number of nitrogens with one attached hydrogen (secondary N) is 1. The Bertz CT molecular complexity index is 776. The Hall–Kier alpha value is -1.35. The number of hydrogen-bond acceptors (Lipinski definition) is 5. The van der Waals surface area contributed by atoms with Crippen LogP contribution >= 0.6 is 27.3 Å². The zero-order valence-electron chi connectivity index (χ0n) is 14.7. The molecule has 2 aromatic rings. The quantitative estimate of drug-likeness (QED) is 0.765. The van der Waals surface area contributed by atoms with Gasteiger partial charge in [-0.25, -0.2) is 9.37 Å². The number of ether oxygens (including phenoxy) is 1. The lowest BCUT2D eigenvalue weighted by atomic mass is 10.1. The molecule has 1 aromatic carbocycles. The molecule has 2 unspecified atom stereocenters. The van der Waals surface area contributed by atoms with Crippen molar-refractivity contribution in [3.8, 4) is 0 Å². The van der Waals surface area contributed by atoms with E-state index in [1.807, 2.05) is 5.38 Å². The third-order valence-corrected chi connectivity index (χ3v) is 5.44. The molecule has 26 heavy (non-hydrogen) atoms. The molecule has 1 saturated heterocycles. The van der Waals surface area contributed by atoms with Gasteiger partial charge in [-0.15, -0.1) is 11.3 Å². The maximum absolute atomic E-state index is 13.3. The van der Waals surface area contributed by atoms with E-state index in [-0.39, 0.29) is 30.4 Å². The van der Waals surface area contributed by atoms with Crippen molar-refractivity contribution in [1.29, 1.82) is 0 Å². The van der Waals surface area contributed by atoms with Gasteiger partial charge < -0.3 is 10.1 Å². The Morgan fingerprint density at radius 2 is 2.15 bits per heavy atom. The topological polar surface area (TPSA) is 54.5 Å². The summed E-state index contributed by atoms with van der Waals surface area (Å²) in [5.74, 6) is -0.511. The molecule has 5 nitrogen and oxygen atoms in total. The standard InChI is InChI=1S/C18H21BrFN3O2S/c1-11-7-23(8-12(2)25-11)9-14-10-26-18(21-14)22-17(24)6-13-3-4-16(20)15(19)5-13/h3-5,10-12H,6-9H2,1-2H3,(H,21,22,24). The normalized spacial score (nSPS) is 20.9. The molecule has 8 heteroatoms. The number of halogens is 2. The monoisotopic (exact) mass is 441 g/mol. The van der Waals surface area contributed by atoms with E-state index in [4.69, 9.17) is 4.74 Å². The average Bonchev–Trinajstić information content (AvgIpc) is 2.96. The maximum Gasteiger partial charge on any atom is 0.230 e. The highest BCUT2D eigenvalue weighted by Gasteiger charge is 2.22. The summed E-state index contributed by atoms with van der Waals surface area (Å²) in [4.78, 5) is 19.0. The molecule has 0 spiro atoms. The van der Waals surface area contributed by atoms with E-state index in [0.717, 1.165) is 30.9 Å². The van der Waals surface area contributed by atoms with Gasteiger partial charge in [0.25, 0.3) is 0 Å². The SMILES string of the molecule is CC1CN(Cc2csc(NC(=O)Cc3ccc(F)c(Br)c3)n2)CC(C)O1. The van der Waals surface area contributed by atoms with Crippen LogP contribution in [0.25, 0.3) is 0 Å². The number of carbonyl (C=O) groups is 1. The molecule has 1 aliphatic heterocycles. The van der Waals surface area contributed by atoms with E-state index in [2.05, 4.69) is 45.0 Å². The van der Waals surface area contributed by atoms with Crippen molar-refractivity contribution in [3.05, 3.63) is 45.1 Å². The number of morpholine rings is 1. The molecule has 140 valence electrons. The van der Waals surface area contributed by atoms with Crippen LogP contribution in [0.15, 0.2) is 28.1 Å². The smallest absolute Gasteiger partial charge is 0.230 e. The molecule has 1 fully saturated rings. The second-order valence-corrected chi connectivity index (χ2v) is 8.28. The highest BCUT2D eigenvalue weighted by Crippen LogP contribution is 2.20. The van der Waals surface area contributed by atoms with E-state index in [0.29, 0.717) is 9.60 Å². The predicted octanol–water partition coefficient (Wildman–Crippen LogP) is 3.84. The first-order valence-electron chi connectivity index (χ1n) is 8.45. The van der Waals surface area contributed by atoms with Gasteiger partial charge >= 0.3 is 0 Å². The molecule has 0 aliphatic carbocycles. The first-order valence-corrected chi connectivity index (χ1v) is 10.1. The van der Waals surface area contributed by atoms with Gasteiger partial charge in [0.15, 0.2) is 5.13 Å². The third kappa shape index (κ3) is 5.33. The number of benzene rings is 1. The molecule has 1 amide bonds. The Morgan fingerprint density at radius 3 is 2.85 bits per heavy atom. The average molecular weight is 442 g/mol. The van der Waals surface area contributed by atoms with Crippen LogP contribution < -0.4 is 5.32 Å². The Labute approximate surface area is 164 Å². The van der Waals surface area contributed by atoms with Gasteiger partial charge in [0.05, 0.1) is 28.8 Å². The fourth-order valence-electron chi connectivity index (χ4n) is 3.08. The number of amides is 1. The highest BCUT2D eigenvalue weighted by atomic mass is 79.9. The van der Waals surface area contributed by atoms with Gasteiger partial charge in [-0.2, -0.15) is 0 Å². The summed E-state index contributed by atoms with van der Waals surface area (Å²) in [6.45, 7) is 6.65. The van der Waals surface area contributed by atoms with Crippen LogP contribution in [0.2, 0.25) is 0 Å². The molecule has 0 saturated carbocycles. The molecular formula is C18H21BrFN3O2S. The number of aromatic nitrogens is 1. The number of rotatable bonds is 5. The summed E-state index contributed by atoms with van der Waals surface area (Å²) in [6, 6.07) is 4.56. The van der Waals surface area contributed by atoms with Crippen LogP contribution in [-0.4, -0.2) is 41.1 Å². The number of carbonyl (C=O) groups excluding carboxylic acids is 1. The van der Waals surface area contributed by atoms with Crippen molar-refractivity contribution in [3.63, 3.8) is 0 Å². The van der Waals surface area contributed by atoms with E-state index in [1.165, 1.54) is 17.4 Å². The minimum atomic E-state index is -0.342. The lowest BCUT2D eigenvalue weighted by molar-refractivity contribution is -0.115. The third-order valence-electron chi connectivity index (χ3n) is 4.03. The van der Waals surface area contributed by atoms with Gasteiger partial charge in [0, 0.05) is 25.0 Å². The first-order chi connectivity index (χ1) is 12.4. The molecule has 3 rings (SSSR count). The number of anilines is 1. The van der Waals surface area contributed by atoms with Crippen molar-refractivity contribution >= 4 is 38.3 Å². The van der Waals surface area contributed by atoms with Gasteiger partial charge in [0.1, 0.15) is 5.82 Å². The molecular weight excluding hydrogens is 421 g/mol. The molecule has 2 atom stereocenters. The Kier molecular flexibility index (Phi) is 6.39. The van der Waals surface area contributed by atoms with Crippen molar-refractivity contribution in [2.24, 2.45) is 0 Å². The fraction of sp³-hybridized carbons (Fsp3) is 0.444. The number of hydrogen-bond donors (Lipinski definition) is 1. The van der Waals surface area contributed by atoms with Crippen molar-refractivity contribution in [2.75, 3.05) is 18.4 Å². The minimum Gasteiger partial charge on any atom is -0.373 e. The molecule has 1 N–H and O–H groups in total. The lowest BCUT2D eigenvalue weighted by Crippen LogP contribution is -2.44. The maximum atomic E-state index is 13.3. The Balaban J connectivity index is 1.54. The van der Waals surface area contributed by atoms with Gasteiger partial charge in [-0.1, -0.05) is 6.07 Å². The zero-order chi connectivity index (χ0) is 18.7. The van der Waals surface area contributed by atoms with E-state index < -0.39 is 0 Å². The predicted molar refractivity (Wildman–Crippen MR) is 104 cm³/mol. The highest BCUT2D eigenvalue weighted by molar-refractivity contribution is 9.10. The van der Waals surface area contributed by atoms with Crippen LogP contribution in [0.1, 0.15) is 25.1 Å². The summed E-state index contributed by atoms with van der Waals surface area (Å²) in [6.07, 6.45) is 0.602. The lowest BCUT2D eigenvalue weighted by Gasteiger charge is -2.34. The summed E-state index contributed by atoms with van der Waals surface area (Å²) in [5.41, 5.74) is 1.68. The second-order valence-electron chi connectivity index (χ2n) is 6.57.